The molecule has 1 heterocycles. The Bertz CT molecular complexity index is 413. The molecular weight excluding hydrogens is 236 g/mol. The molecule has 0 atom stereocenters. The third-order valence-electron chi connectivity index (χ3n) is 3.49. The molecule has 4 nitrogen and oxygen atoms in total. The van der Waals surface area contributed by atoms with Crippen molar-refractivity contribution in [2.45, 2.75) is 53.0 Å². The summed E-state index contributed by atoms with van der Waals surface area (Å²) in [5, 5.41) is 3.21. The summed E-state index contributed by atoms with van der Waals surface area (Å²) in [5.41, 5.74) is 1.18. The summed E-state index contributed by atoms with van der Waals surface area (Å²) in [6.45, 7) is 10.7. The first-order valence-electron chi connectivity index (χ1n) is 7.46. The van der Waals surface area contributed by atoms with E-state index in [4.69, 9.17) is 4.98 Å². The predicted molar refractivity (Wildman–Crippen MR) is 80.8 cm³/mol. The average molecular weight is 262 g/mol. The zero-order valence-electron chi connectivity index (χ0n) is 12.6. The van der Waals surface area contributed by atoms with Gasteiger partial charge in [-0.25, -0.2) is 4.98 Å². The SMILES string of the molecule is CCNc1ncc(C)c(N(CCC(C)C)C2CC2)n1. The van der Waals surface area contributed by atoms with E-state index in [2.05, 4.69) is 42.9 Å². The van der Waals surface area contributed by atoms with Gasteiger partial charge in [0.25, 0.3) is 0 Å². The molecule has 0 aromatic carbocycles. The number of aryl methyl sites for hydroxylation is 1. The lowest BCUT2D eigenvalue weighted by atomic mass is 10.1. The van der Waals surface area contributed by atoms with Crippen LogP contribution in [0.3, 0.4) is 0 Å². The molecule has 4 heteroatoms. The zero-order valence-corrected chi connectivity index (χ0v) is 12.6. The van der Waals surface area contributed by atoms with Gasteiger partial charge in [-0.15, -0.1) is 0 Å². The molecule has 0 unspecified atom stereocenters. The Morgan fingerprint density at radius 2 is 2.16 bits per heavy atom. The molecule has 1 aromatic heterocycles. The molecule has 1 N–H and O–H groups in total. The number of anilines is 2. The standard InChI is InChI=1S/C15H26N4/c1-5-16-15-17-10-12(4)14(18-15)19(13-6-7-13)9-8-11(2)3/h10-11,13H,5-9H2,1-4H3,(H,16,17,18). The van der Waals surface area contributed by atoms with Crippen LogP contribution in [0.2, 0.25) is 0 Å². The first-order chi connectivity index (χ1) is 9.11. The Hall–Kier alpha value is -1.32. The molecule has 0 aliphatic heterocycles. The number of nitrogens with one attached hydrogen (secondary N) is 1. The van der Waals surface area contributed by atoms with E-state index in [0.29, 0.717) is 6.04 Å². The van der Waals surface area contributed by atoms with E-state index in [0.717, 1.165) is 30.8 Å². The van der Waals surface area contributed by atoms with Crippen molar-refractivity contribution in [3.8, 4) is 0 Å². The summed E-state index contributed by atoms with van der Waals surface area (Å²) in [7, 11) is 0. The summed E-state index contributed by atoms with van der Waals surface area (Å²) < 4.78 is 0. The zero-order chi connectivity index (χ0) is 13.8. The lowest BCUT2D eigenvalue weighted by Crippen LogP contribution is -2.29. The van der Waals surface area contributed by atoms with Crippen LogP contribution in [0.15, 0.2) is 6.20 Å². The van der Waals surface area contributed by atoms with E-state index in [9.17, 15) is 0 Å². The van der Waals surface area contributed by atoms with Crippen molar-refractivity contribution in [3.63, 3.8) is 0 Å². The van der Waals surface area contributed by atoms with Crippen LogP contribution in [-0.4, -0.2) is 29.1 Å². The minimum Gasteiger partial charge on any atom is -0.354 e. The number of rotatable bonds is 7. The van der Waals surface area contributed by atoms with Gasteiger partial charge in [0.1, 0.15) is 5.82 Å². The van der Waals surface area contributed by atoms with Crippen molar-refractivity contribution in [2.24, 2.45) is 5.92 Å². The maximum Gasteiger partial charge on any atom is 0.224 e. The van der Waals surface area contributed by atoms with Gasteiger partial charge in [-0.1, -0.05) is 13.8 Å². The fraction of sp³-hybridized carbons (Fsp3) is 0.733. The lowest BCUT2D eigenvalue weighted by Gasteiger charge is -2.26. The second-order valence-electron chi connectivity index (χ2n) is 5.84. The van der Waals surface area contributed by atoms with Crippen LogP contribution in [0.1, 0.15) is 45.6 Å². The van der Waals surface area contributed by atoms with Crippen molar-refractivity contribution in [2.75, 3.05) is 23.3 Å². The molecule has 19 heavy (non-hydrogen) atoms. The first kappa shape index (κ1) is 14.1. The van der Waals surface area contributed by atoms with Crippen molar-refractivity contribution in [1.29, 1.82) is 0 Å². The van der Waals surface area contributed by atoms with Gasteiger partial charge in [-0.3, -0.25) is 0 Å². The highest BCUT2D eigenvalue weighted by atomic mass is 15.3. The molecule has 1 fully saturated rings. The van der Waals surface area contributed by atoms with Crippen molar-refractivity contribution in [1.82, 2.24) is 9.97 Å². The Balaban J connectivity index is 2.17. The van der Waals surface area contributed by atoms with Gasteiger partial charge >= 0.3 is 0 Å². The number of aromatic nitrogens is 2. The van der Waals surface area contributed by atoms with E-state index >= 15 is 0 Å². The van der Waals surface area contributed by atoms with E-state index in [1.54, 1.807) is 0 Å². The van der Waals surface area contributed by atoms with E-state index in [1.165, 1.54) is 24.8 Å². The fourth-order valence-corrected chi connectivity index (χ4v) is 2.21. The van der Waals surface area contributed by atoms with Crippen LogP contribution < -0.4 is 10.2 Å². The van der Waals surface area contributed by atoms with Gasteiger partial charge in [0, 0.05) is 30.9 Å². The van der Waals surface area contributed by atoms with E-state index in [-0.39, 0.29) is 0 Å². The molecule has 106 valence electrons. The predicted octanol–water partition coefficient (Wildman–Crippen LogP) is 3.23. The third kappa shape index (κ3) is 3.82. The number of hydrogen-bond acceptors (Lipinski definition) is 4. The monoisotopic (exact) mass is 262 g/mol. The van der Waals surface area contributed by atoms with Crippen LogP contribution in [0.4, 0.5) is 11.8 Å². The van der Waals surface area contributed by atoms with E-state index < -0.39 is 0 Å². The Labute approximate surface area is 116 Å². The van der Waals surface area contributed by atoms with Crippen LogP contribution in [-0.2, 0) is 0 Å². The molecule has 1 aliphatic carbocycles. The number of hydrogen-bond donors (Lipinski definition) is 1. The number of nitrogens with zero attached hydrogens (tertiary/aromatic N) is 3. The lowest BCUT2D eigenvalue weighted by molar-refractivity contribution is 0.568. The normalized spacial score (nSPS) is 14.8. The molecule has 1 aromatic rings. The van der Waals surface area contributed by atoms with Crippen molar-refractivity contribution < 1.29 is 0 Å². The second kappa shape index (κ2) is 6.22. The summed E-state index contributed by atoms with van der Waals surface area (Å²) >= 11 is 0. The van der Waals surface area contributed by atoms with Crippen LogP contribution in [0.25, 0.3) is 0 Å². The van der Waals surface area contributed by atoms with Crippen molar-refractivity contribution >= 4 is 11.8 Å². The topological polar surface area (TPSA) is 41.1 Å². The minimum atomic E-state index is 0.696. The molecule has 0 spiro atoms. The molecule has 2 rings (SSSR count). The van der Waals surface area contributed by atoms with Gasteiger partial charge < -0.3 is 10.2 Å². The molecule has 0 saturated heterocycles. The average Bonchev–Trinajstić information content (AvgIpc) is 3.17. The van der Waals surface area contributed by atoms with Crippen molar-refractivity contribution in [3.05, 3.63) is 11.8 Å². The highest BCUT2D eigenvalue weighted by Crippen LogP contribution is 2.33. The maximum atomic E-state index is 4.71. The molecule has 0 amide bonds. The van der Waals surface area contributed by atoms with Crippen LogP contribution in [0, 0.1) is 12.8 Å². The quantitative estimate of drug-likeness (QED) is 0.819. The highest BCUT2D eigenvalue weighted by Gasteiger charge is 2.30. The third-order valence-corrected chi connectivity index (χ3v) is 3.49. The van der Waals surface area contributed by atoms with E-state index in [1.807, 2.05) is 6.20 Å². The van der Waals surface area contributed by atoms with Gasteiger partial charge in [0.05, 0.1) is 0 Å². The molecular formula is C15H26N4. The summed E-state index contributed by atoms with van der Waals surface area (Å²) in [5.74, 6) is 2.60. The fourth-order valence-electron chi connectivity index (χ4n) is 2.21. The smallest absolute Gasteiger partial charge is 0.224 e. The molecule has 0 radical (unpaired) electrons. The molecule has 1 aliphatic rings. The molecule has 1 saturated carbocycles. The summed E-state index contributed by atoms with van der Waals surface area (Å²) in [4.78, 5) is 11.5. The summed E-state index contributed by atoms with van der Waals surface area (Å²) in [6.07, 6.45) is 5.76. The maximum absolute atomic E-state index is 4.71. The second-order valence-corrected chi connectivity index (χ2v) is 5.84. The highest BCUT2D eigenvalue weighted by molar-refractivity contribution is 5.50. The first-order valence-corrected chi connectivity index (χ1v) is 7.46. The summed E-state index contributed by atoms with van der Waals surface area (Å²) in [6, 6.07) is 0.696. The minimum absolute atomic E-state index is 0.696. The Kier molecular flexibility index (Phi) is 4.61. The Morgan fingerprint density at radius 1 is 1.42 bits per heavy atom. The molecule has 0 bridgehead atoms. The largest absolute Gasteiger partial charge is 0.354 e. The van der Waals surface area contributed by atoms with Crippen LogP contribution >= 0.6 is 0 Å². The van der Waals surface area contributed by atoms with Gasteiger partial charge in [0.15, 0.2) is 0 Å². The van der Waals surface area contributed by atoms with Gasteiger partial charge in [-0.2, -0.15) is 4.98 Å². The Morgan fingerprint density at radius 3 is 2.74 bits per heavy atom. The van der Waals surface area contributed by atoms with Gasteiger partial charge in [-0.05, 0) is 39.0 Å². The van der Waals surface area contributed by atoms with Gasteiger partial charge in [0.2, 0.25) is 5.95 Å². The van der Waals surface area contributed by atoms with Crippen LogP contribution in [0.5, 0.6) is 0 Å².